The molecule has 0 amide bonds. The van der Waals surface area contributed by atoms with Crippen LogP contribution in [0.2, 0.25) is 0 Å². The van der Waals surface area contributed by atoms with Crippen LogP contribution in [0.4, 0.5) is 11.4 Å². The Morgan fingerprint density at radius 3 is 1.68 bits per heavy atom. The molecule has 0 unspecified atom stereocenters. The largest absolute Gasteiger partial charge is 0.506 e. The van der Waals surface area contributed by atoms with Crippen LogP contribution in [0.25, 0.3) is 5.57 Å². The highest BCUT2D eigenvalue weighted by Crippen LogP contribution is 2.44. The summed E-state index contributed by atoms with van der Waals surface area (Å²) in [7, 11) is -7.76. The van der Waals surface area contributed by atoms with E-state index in [1.165, 1.54) is 0 Å². The number of Topliss-reactive ketones (excluding diaryl/α,β-unsaturated/α-hetero) is 1. The smallest absolute Gasteiger partial charge is 0.232 e. The number of ketones is 1. The lowest BCUT2D eigenvalue weighted by atomic mass is 9.79. The summed E-state index contributed by atoms with van der Waals surface area (Å²) in [5.74, 6) is 0.0399. The van der Waals surface area contributed by atoms with E-state index in [4.69, 9.17) is 0 Å². The molecule has 3 N–H and O–H groups in total. The minimum Gasteiger partial charge on any atom is -0.506 e. The van der Waals surface area contributed by atoms with Gasteiger partial charge in [-0.25, -0.2) is 21.4 Å². The number of benzene rings is 3. The van der Waals surface area contributed by atoms with E-state index < -0.39 is 25.8 Å². The van der Waals surface area contributed by atoms with Crippen LogP contribution in [0.15, 0.2) is 129 Å². The molecule has 10 nitrogen and oxygen atoms in total. The zero-order valence-corrected chi connectivity index (χ0v) is 39.1. The van der Waals surface area contributed by atoms with Crippen LogP contribution < -0.4 is 14.3 Å². The summed E-state index contributed by atoms with van der Waals surface area (Å²) >= 11 is 3.16. The Hall–Kier alpha value is -4.24. The first-order valence-electron chi connectivity index (χ1n) is 20.5. The van der Waals surface area contributed by atoms with Crippen LogP contribution in [-0.2, 0) is 24.8 Å². The van der Waals surface area contributed by atoms with Gasteiger partial charge in [0.25, 0.3) is 0 Å². The second-order valence-electron chi connectivity index (χ2n) is 15.9. The van der Waals surface area contributed by atoms with E-state index >= 15 is 0 Å². The van der Waals surface area contributed by atoms with Gasteiger partial charge < -0.3 is 10.0 Å². The molecule has 3 aromatic carbocycles. The monoisotopic (exact) mass is 891 g/mol. The number of sulfonamides is 2. The van der Waals surface area contributed by atoms with Gasteiger partial charge in [-0.15, -0.1) is 23.5 Å². The lowest BCUT2D eigenvalue weighted by molar-refractivity contribution is -0.586. The Morgan fingerprint density at radius 1 is 0.683 bits per heavy atom. The molecule has 0 aromatic heterocycles. The summed E-state index contributed by atoms with van der Waals surface area (Å²) in [6, 6.07) is 25.1. The van der Waals surface area contributed by atoms with Gasteiger partial charge in [0.15, 0.2) is 0 Å². The SMILES string of the molecule is CC(C)N(c1ccc(C2=C(O)C(=C3C=CC(=[N+](C(C)C)C(C)C)C=C3NS(=O)(=O)CCCSc3ccccc3)C2=O)c(NS(=O)(=O)CCCSc2ccccc2)c1)C(C)C. The number of allylic oxidation sites excluding steroid dienone is 5. The third-order valence-corrected chi connectivity index (χ3v) is 14.9. The fourth-order valence-electron chi connectivity index (χ4n) is 7.63. The number of carbonyl (C=O) groups excluding carboxylic acids is 1. The summed E-state index contributed by atoms with van der Waals surface area (Å²) in [5.41, 5.74) is 2.25. The molecule has 2 aliphatic rings. The molecular formula is C46H59N4O6S4+. The number of rotatable bonds is 20. The quantitative estimate of drug-likeness (QED) is 0.0439. The highest BCUT2D eigenvalue weighted by atomic mass is 32.2. The fraction of sp³-hybridized carbons (Fsp3) is 0.391. The molecule has 3 aromatic rings. The van der Waals surface area contributed by atoms with Crippen molar-refractivity contribution in [1.29, 1.82) is 0 Å². The van der Waals surface area contributed by atoms with E-state index in [1.54, 1.807) is 47.8 Å². The number of anilines is 2. The lowest BCUT2D eigenvalue weighted by Gasteiger charge is -2.34. The Morgan fingerprint density at radius 2 is 1.20 bits per heavy atom. The summed E-state index contributed by atoms with van der Waals surface area (Å²) in [6.07, 6.45) is 5.99. The van der Waals surface area contributed by atoms with Crippen molar-refractivity contribution in [3.63, 3.8) is 0 Å². The number of hydrogen-bond donors (Lipinski definition) is 3. The van der Waals surface area contributed by atoms with Crippen molar-refractivity contribution in [2.24, 2.45) is 0 Å². The van der Waals surface area contributed by atoms with Crippen LogP contribution in [0, 0.1) is 0 Å². The summed E-state index contributed by atoms with van der Waals surface area (Å²) in [4.78, 5) is 18.6. The van der Waals surface area contributed by atoms with Gasteiger partial charge in [0.2, 0.25) is 31.5 Å². The number of nitrogens with zero attached hydrogens (tertiary/aromatic N) is 2. The van der Waals surface area contributed by atoms with Gasteiger partial charge in [0.05, 0.1) is 34.0 Å². The molecule has 5 rings (SSSR count). The van der Waals surface area contributed by atoms with Crippen LogP contribution in [0.1, 0.15) is 73.8 Å². The summed E-state index contributed by atoms with van der Waals surface area (Å²) in [5, 5.41) is 11.8. The Kier molecular flexibility index (Phi) is 16.0. The molecule has 0 radical (unpaired) electrons. The predicted molar refractivity (Wildman–Crippen MR) is 251 cm³/mol. The third kappa shape index (κ3) is 12.0. The molecule has 0 saturated heterocycles. The zero-order valence-electron chi connectivity index (χ0n) is 35.8. The molecule has 0 atom stereocenters. The van der Waals surface area contributed by atoms with Crippen LogP contribution >= 0.6 is 23.5 Å². The first-order valence-corrected chi connectivity index (χ1v) is 25.7. The third-order valence-electron chi connectivity index (χ3n) is 9.96. The van der Waals surface area contributed by atoms with Gasteiger partial charge in [-0.3, -0.25) is 14.2 Å². The van der Waals surface area contributed by atoms with Gasteiger partial charge >= 0.3 is 0 Å². The maximum Gasteiger partial charge on any atom is 0.232 e. The van der Waals surface area contributed by atoms with Crippen LogP contribution in [0.3, 0.4) is 0 Å². The molecule has 0 bridgehead atoms. The Balaban J connectivity index is 1.51. The standard InChI is InChI=1S/C46H58N4O6S4/c1-31(2)49(32(3)4)35-21-23-39(41(29-35)47-59(53,54)27-15-25-57-37-17-11-9-12-18-37)43-45(51)44(46(43)52)40-24-22-36(50(33(5)6)34(7)8)30-42(40)48-60(55,56)28-16-26-58-38-19-13-10-14-20-38/h9-14,17-24,29-34H,15-16,25-28H2,1-8H3,(H2,47,48,51,52)/p+1. The second kappa shape index (κ2) is 20.5. The lowest BCUT2D eigenvalue weighted by Crippen LogP contribution is -2.37. The number of aliphatic hydroxyl groups is 1. The molecule has 0 fully saturated rings. The Labute approximate surface area is 366 Å². The maximum atomic E-state index is 14.3. The Bertz CT molecular complexity index is 2380. The highest BCUT2D eigenvalue weighted by molar-refractivity contribution is 7.99. The van der Waals surface area contributed by atoms with E-state index in [1.807, 2.05) is 72.8 Å². The molecule has 0 aliphatic heterocycles. The fourth-order valence-corrected chi connectivity index (χ4v) is 12.0. The zero-order chi connectivity index (χ0) is 43.8. The summed E-state index contributed by atoms with van der Waals surface area (Å²) < 4.78 is 62.2. The average molecular weight is 892 g/mol. The first-order chi connectivity index (χ1) is 28.4. The number of nitrogens with one attached hydrogen (secondary N) is 2. The van der Waals surface area contributed by atoms with Crippen molar-refractivity contribution in [3.8, 4) is 0 Å². The van der Waals surface area contributed by atoms with E-state index in [2.05, 4.69) is 74.3 Å². The van der Waals surface area contributed by atoms with E-state index in [-0.39, 0.29) is 75.1 Å². The predicted octanol–water partition coefficient (Wildman–Crippen LogP) is 9.21. The van der Waals surface area contributed by atoms with Crippen LogP contribution in [-0.4, -0.2) is 85.2 Å². The molecule has 0 saturated carbocycles. The summed E-state index contributed by atoms with van der Waals surface area (Å²) in [6.45, 7) is 16.4. The molecule has 0 heterocycles. The molecule has 14 heteroatoms. The molecule has 2 aliphatic carbocycles. The van der Waals surface area contributed by atoms with Crippen molar-refractivity contribution >= 4 is 72.0 Å². The normalized spacial score (nSPS) is 15.9. The van der Waals surface area contributed by atoms with Gasteiger partial charge in [-0.1, -0.05) is 36.4 Å². The van der Waals surface area contributed by atoms with Crippen LogP contribution in [0.5, 0.6) is 0 Å². The van der Waals surface area contributed by atoms with Gasteiger partial charge in [-0.05, 0) is 128 Å². The van der Waals surface area contributed by atoms with Gasteiger partial charge in [0.1, 0.15) is 17.8 Å². The van der Waals surface area contributed by atoms with Crippen molar-refractivity contribution in [3.05, 3.63) is 125 Å². The minimum absolute atomic E-state index is 0.0451. The number of thioether (sulfide) groups is 2. The van der Waals surface area contributed by atoms with E-state index in [0.29, 0.717) is 24.3 Å². The van der Waals surface area contributed by atoms with Crippen molar-refractivity contribution in [2.75, 3.05) is 32.6 Å². The average Bonchev–Trinajstić information content (AvgIpc) is 3.17. The van der Waals surface area contributed by atoms with Gasteiger partial charge in [0, 0.05) is 50.9 Å². The molecular weight excluding hydrogens is 833 g/mol. The second-order valence-corrected chi connectivity index (χ2v) is 22.0. The number of hydrogen-bond acceptors (Lipinski definition) is 9. The van der Waals surface area contributed by atoms with Crippen molar-refractivity contribution < 1.29 is 31.3 Å². The highest BCUT2D eigenvalue weighted by Gasteiger charge is 2.40. The van der Waals surface area contributed by atoms with Crippen molar-refractivity contribution in [1.82, 2.24) is 4.72 Å². The molecule has 0 spiro atoms. The maximum absolute atomic E-state index is 14.3. The van der Waals surface area contributed by atoms with E-state index in [0.717, 1.165) is 21.2 Å². The number of aliphatic hydroxyl groups excluding tert-OH is 1. The minimum atomic E-state index is -3.88. The first kappa shape index (κ1) is 46.8. The topological polar surface area (TPSA) is 136 Å². The van der Waals surface area contributed by atoms with Gasteiger partial charge in [-0.2, -0.15) is 0 Å². The van der Waals surface area contributed by atoms with E-state index in [9.17, 15) is 26.7 Å². The van der Waals surface area contributed by atoms with Crippen molar-refractivity contribution in [2.45, 2.75) is 102 Å². The number of carbonyl (C=O) groups is 1. The molecule has 322 valence electrons. The molecule has 60 heavy (non-hydrogen) atoms.